The summed E-state index contributed by atoms with van der Waals surface area (Å²) in [5.41, 5.74) is 3.12. The Kier molecular flexibility index (Phi) is 5.94. The van der Waals surface area contributed by atoms with Crippen LogP contribution in [0.2, 0.25) is 10.0 Å². The minimum atomic E-state index is -0.351. The Bertz CT molecular complexity index is 622. The summed E-state index contributed by atoms with van der Waals surface area (Å²) in [5.74, 6) is 5.22. The summed E-state index contributed by atoms with van der Waals surface area (Å²) in [6.45, 7) is 0. The smallest absolute Gasteiger partial charge is 0.242 e. The van der Waals surface area contributed by atoms with Crippen LogP contribution in [-0.4, -0.2) is 11.7 Å². The highest BCUT2D eigenvalue weighted by molar-refractivity contribution is 7.99. The van der Waals surface area contributed by atoms with E-state index in [1.54, 1.807) is 18.2 Å². The van der Waals surface area contributed by atoms with Gasteiger partial charge >= 0.3 is 0 Å². The van der Waals surface area contributed by atoms with E-state index < -0.39 is 0 Å². The van der Waals surface area contributed by atoms with E-state index in [0.29, 0.717) is 15.8 Å². The number of rotatable bonds is 5. The normalized spacial score (nSPS) is 12.0. The maximum Gasteiger partial charge on any atom is 0.242 e. The minimum Gasteiger partial charge on any atom is -0.294 e. The lowest BCUT2D eigenvalue weighted by molar-refractivity contribution is -0.122. The summed E-state index contributed by atoms with van der Waals surface area (Å²) in [4.78, 5) is 12.8. The second-order valence-electron chi connectivity index (χ2n) is 4.36. The van der Waals surface area contributed by atoms with Gasteiger partial charge in [-0.05, 0) is 23.8 Å². The van der Waals surface area contributed by atoms with Crippen molar-refractivity contribution in [3.63, 3.8) is 0 Å². The molecule has 0 heterocycles. The van der Waals surface area contributed by atoms with Crippen molar-refractivity contribution < 1.29 is 4.79 Å². The molecule has 0 aliphatic heterocycles. The molecule has 3 N–H and O–H groups in total. The summed E-state index contributed by atoms with van der Waals surface area (Å²) in [7, 11) is 0. The molecule has 110 valence electrons. The summed E-state index contributed by atoms with van der Waals surface area (Å²) in [6.07, 6.45) is 0. The predicted octanol–water partition coefficient (Wildman–Crippen LogP) is 3.86. The topological polar surface area (TPSA) is 55.1 Å². The molecule has 0 bridgehead atoms. The average Bonchev–Trinajstić information content (AvgIpc) is 2.51. The highest BCUT2D eigenvalue weighted by Gasteiger charge is 2.20. The Morgan fingerprint density at radius 2 is 1.90 bits per heavy atom. The third kappa shape index (κ3) is 4.38. The van der Waals surface area contributed by atoms with Crippen molar-refractivity contribution in [3.05, 3.63) is 64.1 Å². The first-order valence-electron chi connectivity index (χ1n) is 6.25. The molecule has 0 saturated carbocycles. The van der Waals surface area contributed by atoms with Gasteiger partial charge in [-0.2, -0.15) is 0 Å². The molecule has 1 unspecified atom stereocenters. The number of carbonyl (C=O) groups is 1. The molecule has 0 saturated heterocycles. The van der Waals surface area contributed by atoms with Gasteiger partial charge in [0, 0.05) is 15.7 Å². The molecule has 0 radical (unpaired) electrons. The van der Waals surface area contributed by atoms with Crippen molar-refractivity contribution in [2.75, 3.05) is 5.75 Å². The van der Waals surface area contributed by atoms with Gasteiger partial charge in [0.1, 0.15) is 0 Å². The van der Waals surface area contributed by atoms with Crippen LogP contribution in [0.3, 0.4) is 0 Å². The van der Waals surface area contributed by atoms with Gasteiger partial charge in [-0.1, -0.05) is 53.5 Å². The molecule has 3 nitrogen and oxygen atoms in total. The summed E-state index contributed by atoms with van der Waals surface area (Å²) >= 11 is 13.6. The Morgan fingerprint density at radius 3 is 2.57 bits per heavy atom. The third-order valence-electron chi connectivity index (χ3n) is 2.96. The van der Waals surface area contributed by atoms with Gasteiger partial charge in [-0.3, -0.25) is 10.2 Å². The fraction of sp³-hybridized carbons (Fsp3) is 0.133. The third-order valence-corrected chi connectivity index (χ3v) is 4.78. The quantitative estimate of drug-likeness (QED) is 0.376. The zero-order chi connectivity index (χ0) is 15.2. The first-order chi connectivity index (χ1) is 10.1. The van der Waals surface area contributed by atoms with Crippen LogP contribution >= 0.6 is 35.0 Å². The van der Waals surface area contributed by atoms with E-state index in [4.69, 9.17) is 29.0 Å². The molecule has 1 amide bonds. The van der Waals surface area contributed by atoms with Crippen LogP contribution in [0.4, 0.5) is 0 Å². The van der Waals surface area contributed by atoms with E-state index in [1.807, 2.05) is 30.3 Å². The van der Waals surface area contributed by atoms with Crippen LogP contribution in [0.25, 0.3) is 0 Å². The van der Waals surface area contributed by atoms with Crippen LogP contribution in [-0.2, 0) is 4.79 Å². The van der Waals surface area contributed by atoms with E-state index in [0.717, 1.165) is 10.5 Å². The number of hydrazine groups is 1. The second kappa shape index (κ2) is 7.71. The molecule has 0 aliphatic rings. The van der Waals surface area contributed by atoms with E-state index in [2.05, 4.69) is 5.43 Å². The standard InChI is InChI=1S/C15H14Cl2N2OS/c16-11-6-7-13(17)14(8-11)21-9-12(15(20)19-18)10-4-2-1-3-5-10/h1-8,12H,9,18H2,(H,19,20). The van der Waals surface area contributed by atoms with Gasteiger partial charge < -0.3 is 0 Å². The fourth-order valence-electron chi connectivity index (χ4n) is 1.87. The first kappa shape index (κ1) is 16.2. The van der Waals surface area contributed by atoms with Crippen molar-refractivity contribution in [2.24, 2.45) is 5.84 Å². The number of nitrogens with two attached hydrogens (primary N) is 1. The molecule has 0 fully saturated rings. The highest BCUT2D eigenvalue weighted by Crippen LogP contribution is 2.33. The van der Waals surface area contributed by atoms with Gasteiger partial charge in [-0.25, -0.2) is 5.84 Å². The van der Waals surface area contributed by atoms with Crippen LogP contribution in [0.5, 0.6) is 0 Å². The molecule has 0 spiro atoms. The Labute approximate surface area is 137 Å². The molecule has 6 heteroatoms. The lowest BCUT2D eigenvalue weighted by Gasteiger charge is -2.15. The van der Waals surface area contributed by atoms with Crippen LogP contribution in [0.1, 0.15) is 11.5 Å². The maximum absolute atomic E-state index is 12.0. The predicted molar refractivity (Wildman–Crippen MR) is 88.7 cm³/mol. The van der Waals surface area contributed by atoms with Gasteiger partial charge in [0.05, 0.1) is 10.9 Å². The van der Waals surface area contributed by atoms with E-state index in [-0.39, 0.29) is 11.8 Å². The number of halogens is 2. The van der Waals surface area contributed by atoms with Crippen molar-refractivity contribution >= 4 is 40.9 Å². The van der Waals surface area contributed by atoms with E-state index >= 15 is 0 Å². The number of hydrogen-bond acceptors (Lipinski definition) is 3. The molecule has 21 heavy (non-hydrogen) atoms. The summed E-state index contributed by atoms with van der Waals surface area (Å²) in [5, 5.41) is 1.23. The van der Waals surface area contributed by atoms with Crippen LogP contribution in [0, 0.1) is 0 Å². The van der Waals surface area contributed by atoms with Crippen molar-refractivity contribution in [1.29, 1.82) is 0 Å². The summed E-state index contributed by atoms with van der Waals surface area (Å²) < 4.78 is 0. The number of benzene rings is 2. The van der Waals surface area contributed by atoms with Gasteiger partial charge in [-0.15, -0.1) is 11.8 Å². The lowest BCUT2D eigenvalue weighted by atomic mass is 10.0. The van der Waals surface area contributed by atoms with Gasteiger partial charge in [0.2, 0.25) is 5.91 Å². The molecule has 2 aromatic rings. The SMILES string of the molecule is NNC(=O)C(CSc1cc(Cl)ccc1Cl)c1ccccc1. The molecule has 2 aromatic carbocycles. The van der Waals surface area contributed by atoms with E-state index in [1.165, 1.54) is 11.8 Å². The monoisotopic (exact) mass is 340 g/mol. The number of nitrogens with one attached hydrogen (secondary N) is 1. The number of amides is 1. The molecule has 0 aliphatic carbocycles. The van der Waals surface area contributed by atoms with E-state index in [9.17, 15) is 4.79 Å². The first-order valence-corrected chi connectivity index (χ1v) is 7.99. The van der Waals surface area contributed by atoms with Gasteiger partial charge in [0.15, 0.2) is 0 Å². The summed E-state index contributed by atoms with van der Waals surface area (Å²) in [6, 6.07) is 14.8. The molecule has 1 atom stereocenters. The minimum absolute atomic E-state index is 0.230. The van der Waals surface area contributed by atoms with Crippen LogP contribution < -0.4 is 11.3 Å². The Balaban J connectivity index is 2.16. The fourth-order valence-corrected chi connectivity index (χ4v) is 3.49. The molecule has 0 aromatic heterocycles. The average molecular weight is 341 g/mol. The van der Waals surface area contributed by atoms with Gasteiger partial charge in [0.25, 0.3) is 0 Å². The van der Waals surface area contributed by atoms with Crippen molar-refractivity contribution in [3.8, 4) is 0 Å². The maximum atomic E-state index is 12.0. The second-order valence-corrected chi connectivity index (χ2v) is 6.26. The zero-order valence-electron chi connectivity index (χ0n) is 11.1. The van der Waals surface area contributed by atoms with Crippen LogP contribution in [0.15, 0.2) is 53.4 Å². The molecular formula is C15H14Cl2N2OS. The largest absolute Gasteiger partial charge is 0.294 e. The number of hydrogen-bond donors (Lipinski definition) is 2. The van der Waals surface area contributed by atoms with Crippen molar-refractivity contribution in [1.82, 2.24) is 5.43 Å². The Morgan fingerprint density at radius 1 is 1.19 bits per heavy atom. The Hall–Kier alpha value is -1.20. The number of carbonyl (C=O) groups excluding carboxylic acids is 1. The number of thioether (sulfide) groups is 1. The van der Waals surface area contributed by atoms with Crippen molar-refractivity contribution in [2.45, 2.75) is 10.8 Å². The lowest BCUT2D eigenvalue weighted by Crippen LogP contribution is -2.35. The molecular weight excluding hydrogens is 327 g/mol. The highest BCUT2D eigenvalue weighted by atomic mass is 35.5. The zero-order valence-corrected chi connectivity index (χ0v) is 13.4. The molecule has 2 rings (SSSR count).